The summed E-state index contributed by atoms with van der Waals surface area (Å²) in [5.74, 6) is 0.456. The van der Waals surface area contributed by atoms with Gasteiger partial charge in [0.1, 0.15) is 5.75 Å². The van der Waals surface area contributed by atoms with Crippen LogP contribution >= 0.6 is 11.6 Å². The van der Waals surface area contributed by atoms with E-state index in [0.717, 1.165) is 19.3 Å². The summed E-state index contributed by atoms with van der Waals surface area (Å²) in [6.45, 7) is 4.24. The minimum Gasteiger partial charge on any atom is -0.478 e. The van der Waals surface area contributed by atoms with Crippen molar-refractivity contribution in [3.63, 3.8) is 0 Å². The lowest BCUT2D eigenvalue weighted by molar-refractivity contribution is -0.134. The van der Waals surface area contributed by atoms with E-state index in [0.29, 0.717) is 17.3 Å². The van der Waals surface area contributed by atoms with Gasteiger partial charge in [-0.2, -0.15) is 0 Å². The highest BCUT2D eigenvalue weighted by Crippen LogP contribution is 2.47. The van der Waals surface area contributed by atoms with Gasteiger partial charge in [0.15, 0.2) is 5.60 Å². The van der Waals surface area contributed by atoms with Crippen molar-refractivity contribution >= 4 is 17.5 Å². The second-order valence-corrected chi connectivity index (χ2v) is 6.66. The third kappa shape index (κ3) is 4.35. The number of aliphatic hydroxyl groups excluding tert-OH is 1. The van der Waals surface area contributed by atoms with Gasteiger partial charge in [-0.25, -0.2) is 0 Å². The first-order valence-corrected chi connectivity index (χ1v) is 7.58. The maximum Gasteiger partial charge on any atom is 0.263 e. The normalized spacial score (nSPS) is 16.4. The Morgan fingerprint density at radius 1 is 1.38 bits per heavy atom. The first-order chi connectivity index (χ1) is 9.87. The number of aliphatic hydroxyl groups is 1. The minimum atomic E-state index is -0.955. The van der Waals surface area contributed by atoms with Crippen molar-refractivity contribution < 1.29 is 14.6 Å². The molecule has 1 amide bonds. The van der Waals surface area contributed by atoms with E-state index in [1.165, 1.54) is 0 Å². The lowest BCUT2D eigenvalue weighted by atomic mass is 10.0. The average molecular weight is 312 g/mol. The molecule has 0 atom stereocenters. The van der Waals surface area contributed by atoms with Crippen LogP contribution in [0.25, 0.3) is 0 Å². The molecule has 0 unspecified atom stereocenters. The number of ether oxygens (including phenoxy) is 1. The van der Waals surface area contributed by atoms with Gasteiger partial charge in [-0.05, 0) is 62.8 Å². The summed E-state index contributed by atoms with van der Waals surface area (Å²) in [6.07, 6.45) is 2.87. The molecule has 0 radical (unpaired) electrons. The van der Waals surface area contributed by atoms with Gasteiger partial charge >= 0.3 is 0 Å². The van der Waals surface area contributed by atoms with Crippen molar-refractivity contribution in [1.82, 2.24) is 5.32 Å². The SMILES string of the molecule is CC(C)(Oc1ccc(Cl)cc1)C(=O)NCC1(CCO)CC1. The van der Waals surface area contributed by atoms with Crippen LogP contribution in [0.15, 0.2) is 24.3 Å². The predicted molar refractivity (Wildman–Crippen MR) is 82.5 cm³/mol. The van der Waals surface area contributed by atoms with Crippen molar-refractivity contribution in [3.05, 3.63) is 29.3 Å². The maximum atomic E-state index is 12.3. The number of halogens is 1. The molecule has 0 heterocycles. The van der Waals surface area contributed by atoms with Crippen LogP contribution in [0.4, 0.5) is 0 Å². The second kappa shape index (κ2) is 6.24. The van der Waals surface area contributed by atoms with Crippen LogP contribution in [0.3, 0.4) is 0 Å². The number of hydrogen-bond acceptors (Lipinski definition) is 3. The van der Waals surface area contributed by atoms with Gasteiger partial charge in [-0.1, -0.05) is 11.6 Å². The molecule has 1 aliphatic carbocycles. The van der Waals surface area contributed by atoms with E-state index < -0.39 is 5.60 Å². The largest absolute Gasteiger partial charge is 0.478 e. The Morgan fingerprint density at radius 3 is 2.52 bits per heavy atom. The highest BCUT2D eigenvalue weighted by atomic mass is 35.5. The fourth-order valence-electron chi connectivity index (χ4n) is 2.25. The van der Waals surface area contributed by atoms with Crippen molar-refractivity contribution in [3.8, 4) is 5.75 Å². The van der Waals surface area contributed by atoms with Crippen LogP contribution in [0.2, 0.25) is 5.02 Å². The molecule has 4 nitrogen and oxygen atoms in total. The van der Waals surface area contributed by atoms with Gasteiger partial charge in [0.05, 0.1) is 0 Å². The first-order valence-electron chi connectivity index (χ1n) is 7.21. The van der Waals surface area contributed by atoms with Crippen LogP contribution in [-0.4, -0.2) is 29.8 Å². The Bertz CT molecular complexity index is 495. The quantitative estimate of drug-likeness (QED) is 0.814. The lowest BCUT2D eigenvalue weighted by Crippen LogP contribution is -2.48. The van der Waals surface area contributed by atoms with Gasteiger partial charge in [0, 0.05) is 18.2 Å². The summed E-state index contributed by atoms with van der Waals surface area (Å²) in [7, 11) is 0. The summed E-state index contributed by atoms with van der Waals surface area (Å²) < 4.78 is 5.74. The van der Waals surface area contributed by atoms with Crippen LogP contribution in [0, 0.1) is 5.41 Å². The number of amides is 1. The Morgan fingerprint density at radius 2 is 2.00 bits per heavy atom. The molecule has 0 aromatic heterocycles. The van der Waals surface area contributed by atoms with E-state index in [9.17, 15) is 4.79 Å². The fourth-order valence-corrected chi connectivity index (χ4v) is 2.38. The molecule has 2 N–H and O–H groups in total. The third-order valence-corrected chi connectivity index (χ3v) is 4.21. The summed E-state index contributed by atoms with van der Waals surface area (Å²) in [5.41, 5.74) is -0.857. The molecule has 0 aliphatic heterocycles. The number of rotatable bonds is 7. The lowest BCUT2D eigenvalue weighted by Gasteiger charge is -2.26. The number of carbonyl (C=O) groups is 1. The number of benzene rings is 1. The molecule has 1 saturated carbocycles. The Hall–Kier alpha value is -1.26. The molecule has 0 bridgehead atoms. The van der Waals surface area contributed by atoms with Crippen molar-refractivity contribution in [2.45, 2.75) is 38.7 Å². The van der Waals surface area contributed by atoms with Gasteiger partial charge in [-0.15, -0.1) is 0 Å². The zero-order valence-electron chi connectivity index (χ0n) is 12.5. The molecule has 2 rings (SSSR count). The molecule has 5 heteroatoms. The highest BCUT2D eigenvalue weighted by Gasteiger charge is 2.43. The topological polar surface area (TPSA) is 58.6 Å². The standard InChI is InChI=1S/C16H22ClNO3/c1-15(2,21-13-5-3-12(17)4-6-13)14(20)18-11-16(7-8-16)9-10-19/h3-6,19H,7-11H2,1-2H3,(H,18,20). The average Bonchev–Trinajstić information content (AvgIpc) is 3.19. The van der Waals surface area contributed by atoms with E-state index in [4.69, 9.17) is 21.4 Å². The molecule has 116 valence electrons. The Labute approximate surface area is 130 Å². The highest BCUT2D eigenvalue weighted by molar-refractivity contribution is 6.30. The number of nitrogens with one attached hydrogen (secondary N) is 1. The van der Waals surface area contributed by atoms with Crippen molar-refractivity contribution in [2.75, 3.05) is 13.2 Å². The number of carbonyl (C=O) groups excluding carboxylic acids is 1. The van der Waals surface area contributed by atoms with Gasteiger partial charge < -0.3 is 15.2 Å². The number of hydrogen-bond donors (Lipinski definition) is 2. The molecule has 21 heavy (non-hydrogen) atoms. The van der Waals surface area contributed by atoms with Crippen LogP contribution in [-0.2, 0) is 4.79 Å². The Kier molecular flexibility index (Phi) is 4.79. The zero-order chi connectivity index (χ0) is 15.5. The predicted octanol–water partition coefficient (Wildman–Crippen LogP) is 2.78. The second-order valence-electron chi connectivity index (χ2n) is 6.22. The van der Waals surface area contributed by atoms with Crippen LogP contribution < -0.4 is 10.1 Å². The maximum absolute atomic E-state index is 12.3. The van der Waals surface area contributed by atoms with E-state index in [1.807, 2.05) is 0 Å². The molecule has 0 saturated heterocycles. The molecule has 1 aliphatic rings. The summed E-state index contributed by atoms with van der Waals surface area (Å²) >= 11 is 5.83. The summed E-state index contributed by atoms with van der Waals surface area (Å²) in [4.78, 5) is 12.3. The van der Waals surface area contributed by atoms with E-state index in [-0.39, 0.29) is 17.9 Å². The smallest absolute Gasteiger partial charge is 0.263 e. The third-order valence-electron chi connectivity index (χ3n) is 3.96. The fraction of sp³-hybridized carbons (Fsp3) is 0.562. The first kappa shape index (κ1) is 16.1. The monoisotopic (exact) mass is 311 g/mol. The molecular weight excluding hydrogens is 290 g/mol. The van der Waals surface area contributed by atoms with Gasteiger partial charge in [0.25, 0.3) is 5.91 Å². The summed E-state index contributed by atoms with van der Waals surface area (Å²) in [6, 6.07) is 6.94. The Balaban J connectivity index is 1.89. The summed E-state index contributed by atoms with van der Waals surface area (Å²) in [5, 5.41) is 12.6. The molecule has 1 aromatic carbocycles. The molecule has 1 aromatic rings. The molecular formula is C16H22ClNO3. The van der Waals surface area contributed by atoms with E-state index >= 15 is 0 Å². The van der Waals surface area contributed by atoms with Gasteiger partial charge in [-0.3, -0.25) is 4.79 Å². The van der Waals surface area contributed by atoms with Crippen LogP contribution in [0.5, 0.6) is 5.75 Å². The molecule has 0 spiro atoms. The zero-order valence-corrected chi connectivity index (χ0v) is 13.2. The van der Waals surface area contributed by atoms with E-state index in [1.54, 1.807) is 38.1 Å². The molecule has 1 fully saturated rings. The van der Waals surface area contributed by atoms with Crippen molar-refractivity contribution in [2.24, 2.45) is 5.41 Å². The minimum absolute atomic E-state index is 0.0980. The van der Waals surface area contributed by atoms with Crippen LogP contribution in [0.1, 0.15) is 33.1 Å². The van der Waals surface area contributed by atoms with Gasteiger partial charge in [0.2, 0.25) is 0 Å². The van der Waals surface area contributed by atoms with E-state index in [2.05, 4.69) is 5.32 Å². The van der Waals surface area contributed by atoms with Crippen molar-refractivity contribution in [1.29, 1.82) is 0 Å².